The molecule has 0 amide bonds. The van der Waals surface area contributed by atoms with E-state index < -0.39 is 0 Å². The number of hydrogen-bond acceptors (Lipinski definition) is 3. The zero-order chi connectivity index (χ0) is 20.4. The van der Waals surface area contributed by atoms with Crippen molar-refractivity contribution in [3.05, 3.63) is 96.1 Å². The van der Waals surface area contributed by atoms with Gasteiger partial charge < -0.3 is 14.8 Å². The fourth-order valence-electron chi connectivity index (χ4n) is 4.16. The standard InChI is InChI=1S/C27H31NO2/c1-3-7-22(8-4-1)21-30-27-17-13-24(14-18-27)23-11-15-25(16-12-23)28-19-20-29-26-9-5-2-6-10-26/h1-10,13-14,17-18,23,25,28H,11-12,15-16,19-21H2. The Balaban J connectivity index is 1.16. The lowest BCUT2D eigenvalue weighted by Crippen LogP contribution is -2.35. The van der Waals surface area contributed by atoms with Crippen molar-refractivity contribution in [1.29, 1.82) is 0 Å². The molecule has 30 heavy (non-hydrogen) atoms. The molecule has 0 spiro atoms. The average molecular weight is 402 g/mol. The summed E-state index contributed by atoms with van der Waals surface area (Å²) in [6.45, 7) is 2.23. The Labute approximate surface area is 180 Å². The molecule has 0 unspecified atom stereocenters. The van der Waals surface area contributed by atoms with E-state index in [1.54, 1.807) is 0 Å². The number of para-hydroxylation sites is 1. The van der Waals surface area contributed by atoms with Gasteiger partial charge in [0, 0.05) is 12.6 Å². The van der Waals surface area contributed by atoms with Crippen LogP contribution in [-0.2, 0) is 6.61 Å². The van der Waals surface area contributed by atoms with Gasteiger partial charge >= 0.3 is 0 Å². The van der Waals surface area contributed by atoms with Crippen LogP contribution in [0.3, 0.4) is 0 Å². The first-order valence-corrected chi connectivity index (χ1v) is 11.0. The number of rotatable bonds is 9. The molecule has 0 aliphatic heterocycles. The van der Waals surface area contributed by atoms with E-state index in [2.05, 4.69) is 41.7 Å². The van der Waals surface area contributed by atoms with Crippen LogP contribution in [0.4, 0.5) is 0 Å². The van der Waals surface area contributed by atoms with Gasteiger partial charge in [-0.2, -0.15) is 0 Å². The zero-order valence-electron chi connectivity index (χ0n) is 17.5. The van der Waals surface area contributed by atoms with Crippen LogP contribution in [0.2, 0.25) is 0 Å². The van der Waals surface area contributed by atoms with Gasteiger partial charge in [0.25, 0.3) is 0 Å². The number of hydrogen-bond donors (Lipinski definition) is 1. The monoisotopic (exact) mass is 401 g/mol. The fourth-order valence-corrected chi connectivity index (χ4v) is 4.16. The second kappa shape index (κ2) is 10.8. The van der Waals surface area contributed by atoms with Crippen molar-refractivity contribution in [1.82, 2.24) is 5.32 Å². The Bertz CT molecular complexity index is 856. The average Bonchev–Trinajstić information content (AvgIpc) is 2.83. The van der Waals surface area contributed by atoms with Gasteiger partial charge in [0.2, 0.25) is 0 Å². The van der Waals surface area contributed by atoms with Crippen LogP contribution in [0.1, 0.15) is 42.7 Å². The molecule has 1 N–H and O–H groups in total. The van der Waals surface area contributed by atoms with E-state index >= 15 is 0 Å². The van der Waals surface area contributed by atoms with Crippen molar-refractivity contribution >= 4 is 0 Å². The first kappa shape index (κ1) is 20.5. The molecule has 1 aliphatic rings. The van der Waals surface area contributed by atoms with Crippen molar-refractivity contribution in [2.45, 2.75) is 44.2 Å². The summed E-state index contributed by atoms with van der Waals surface area (Å²) in [4.78, 5) is 0. The lowest BCUT2D eigenvalue weighted by molar-refractivity contribution is 0.282. The maximum absolute atomic E-state index is 5.92. The lowest BCUT2D eigenvalue weighted by Gasteiger charge is -2.29. The zero-order valence-corrected chi connectivity index (χ0v) is 17.5. The van der Waals surface area contributed by atoms with E-state index in [-0.39, 0.29) is 0 Å². The number of nitrogens with one attached hydrogen (secondary N) is 1. The molecule has 3 heteroatoms. The van der Waals surface area contributed by atoms with Crippen LogP contribution in [-0.4, -0.2) is 19.2 Å². The van der Waals surface area contributed by atoms with Crippen LogP contribution >= 0.6 is 0 Å². The molecule has 3 aromatic carbocycles. The highest BCUT2D eigenvalue weighted by Gasteiger charge is 2.22. The molecule has 0 radical (unpaired) electrons. The van der Waals surface area contributed by atoms with Gasteiger partial charge in [-0.25, -0.2) is 0 Å². The Morgan fingerprint density at radius 3 is 2.00 bits per heavy atom. The molecule has 1 aliphatic carbocycles. The molecule has 0 aromatic heterocycles. The van der Waals surface area contributed by atoms with Crippen LogP contribution in [0, 0.1) is 0 Å². The topological polar surface area (TPSA) is 30.5 Å². The molecule has 3 nitrogen and oxygen atoms in total. The molecule has 0 atom stereocenters. The third-order valence-electron chi connectivity index (χ3n) is 5.87. The summed E-state index contributed by atoms with van der Waals surface area (Å²) < 4.78 is 11.7. The molecule has 0 bridgehead atoms. The molecule has 1 saturated carbocycles. The molecule has 1 fully saturated rings. The first-order chi connectivity index (χ1) is 14.9. The molecule has 0 saturated heterocycles. The van der Waals surface area contributed by atoms with Crippen LogP contribution in [0.5, 0.6) is 11.5 Å². The molecule has 156 valence electrons. The minimum atomic E-state index is 0.606. The van der Waals surface area contributed by atoms with Gasteiger partial charge in [0.15, 0.2) is 0 Å². The lowest BCUT2D eigenvalue weighted by atomic mass is 9.82. The van der Waals surface area contributed by atoms with E-state index in [9.17, 15) is 0 Å². The van der Waals surface area contributed by atoms with Crippen molar-refractivity contribution in [2.24, 2.45) is 0 Å². The van der Waals surface area contributed by atoms with Crippen LogP contribution in [0.15, 0.2) is 84.9 Å². The normalized spacial score (nSPS) is 18.7. The number of ether oxygens (including phenoxy) is 2. The Morgan fingerprint density at radius 2 is 1.30 bits per heavy atom. The molecule has 4 rings (SSSR count). The summed E-state index contributed by atoms with van der Waals surface area (Å²) in [6, 6.07) is 29.6. The minimum Gasteiger partial charge on any atom is -0.492 e. The van der Waals surface area contributed by atoms with E-state index in [0.717, 1.165) is 18.0 Å². The van der Waals surface area contributed by atoms with E-state index in [1.807, 2.05) is 48.5 Å². The highest BCUT2D eigenvalue weighted by Crippen LogP contribution is 2.33. The van der Waals surface area contributed by atoms with Crippen LogP contribution in [0.25, 0.3) is 0 Å². The maximum Gasteiger partial charge on any atom is 0.119 e. The van der Waals surface area contributed by atoms with Crippen molar-refractivity contribution in [3.63, 3.8) is 0 Å². The van der Waals surface area contributed by atoms with Crippen molar-refractivity contribution < 1.29 is 9.47 Å². The van der Waals surface area contributed by atoms with Gasteiger partial charge in [-0.15, -0.1) is 0 Å². The highest BCUT2D eigenvalue weighted by molar-refractivity contribution is 5.30. The predicted octanol–water partition coefficient (Wildman–Crippen LogP) is 5.96. The molecular formula is C27H31NO2. The Morgan fingerprint density at radius 1 is 0.667 bits per heavy atom. The van der Waals surface area contributed by atoms with Crippen molar-refractivity contribution in [2.75, 3.05) is 13.2 Å². The molecule has 3 aromatic rings. The quantitative estimate of drug-likeness (QED) is 0.449. The largest absolute Gasteiger partial charge is 0.492 e. The van der Waals surface area contributed by atoms with Gasteiger partial charge in [-0.05, 0) is 67.0 Å². The van der Waals surface area contributed by atoms with Gasteiger partial charge in [-0.1, -0.05) is 60.7 Å². The third-order valence-corrected chi connectivity index (χ3v) is 5.87. The summed E-state index contributed by atoms with van der Waals surface area (Å²) in [5, 5.41) is 3.66. The van der Waals surface area contributed by atoms with Crippen LogP contribution < -0.4 is 14.8 Å². The van der Waals surface area contributed by atoms with E-state index in [4.69, 9.17) is 9.47 Å². The minimum absolute atomic E-state index is 0.606. The van der Waals surface area contributed by atoms with E-state index in [0.29, 0.717) is 25.2 Å². The fraction of sp³-hybridized carbons (Fsp3) is 0.333. The molecule has 0 heterocycles. The third kappa shape index (κ3) is 6.11. The summed E-state index contributed by atoms with van der Waals surface area (Å²) in [5.74, 6) is 2.54. The van der Waals surface area contributed by atoms with E-state index in [1.165, 1.54) is 36.8 Å². The second-order valence-electron chi connectivity index (χ2n) is 8.01. The second-order valence-corrected chi connectivity index (χ2v) is 8.01. The molecular weight excluding hydrogens is 370 g/mol. The van der Waals surface area contributed by atoms with Crippen molar-refractivity contribution in [3.8, 4) is 11.5 Å². The van der Waals surface area contributed by atoms with Gasteiger partial charge in [-0.3, -0.25) is 0 Å². The Kier molecular flexibility index (Phi) is 7.41. The number of benzene rings is 3. The summed E-state index contributed by atoms with van der Waals surface area (Å²) in [7, 11) is 0. The Hall–Kier alpha value is -2.78. The SMILES string of the molecule is c1ccc(COc2ccc(C3CCC(NCCOc4ccccc4)CC3)cc2)cc1. The summed E-state index contributed by atoms with van der Waals surface area (Å²) in [6.07, 6.45) is 4.92. The summed E-state index contributed by atoms with van der Waals surface area (Å²) >= 11 is 0. The first-order valence-electron chi connectivity index (χ1n) is 11.0. The smallest absolute Gasteiger partial charge is 0.119 e. The highest BCUT2D eigenvalue weighted by atomic mass is 16.5. The maximum atomic E-state index is 5.92. The van der Waals surface area contributed by atoms with Gasteiger partial charge in [0.05, 0.1) is 0 Å². The summed E-state index contributed by atoms with van der Waals surface area (Å²) in [5.41, 5.74) is 2.63. The van der Waals surface area contributed by atoms with Gasteiger partial charge in [0.1, 0.15) is 24.7 Å². The predicted molar refractivity (Wildman–Crippen MR) is 122 cm³/mol.